The molecule has 1 saturated heterocycles. The van der Waals surface area contributed by atoms with Crippen LogP contribution in [-0.2, 0) is 13.0 Å². The van der Waals surface area contributed by atoms with Crippen LogP contribution in [0.4, 0.5) is 0 Å². The van der Waals surface area contributed by atoms with Crippen molar-refractivity contribution >= 4 is 22.5 Å². The van der Waals surface area contributed by atoms with Crippen molar-refractivity contribution in [1.82, 2.24) is 29.3 Å². The van der Waals surface area contributed by atoms with Crippen molar-refractivity contribution in [3.05, 3.63) is 143 Å². The fourth-order valence-corrected chi connectivity index (χ4v) is 6.51. The molecule has 0 unspecified atom stereocenters. The summed E-state index contributed by atoms with van der Waals surface area (Å²) >= 11 is 0. The Balaban J connectivity index is 1.16. The lowest BCUT2D eigenvalue weighted by Crippen LogP contribution is -2.27. The third kappa shape index (κ3) is 8.78. The zero-order chi connectivity index (χ0) is 34.0. The molecule has 0 spiro atoms. The Morgan fingerprint density at radius 3 is 2.45 bits per heavy atom. The number of pyridine rings is 2. The van der Waals surface area contributed by atoms with Crippen molar-refractivity contribution in [1.29, 1.82) is 0 Å². The Hall–Kier alpha value is -4.88. The van der Waals surface area contributed by atoms with Gasteiger partial charge in [0.05, 0.1) is 17.4 Å². The normalized spacial score (nSPS) is 13.9. The molecule has 5 aromatic rings. The number of carbonyl (C=O) groups is 1. The molecule has 0 atom stereocenters. The molecule has 2 aromatic carbocycles. The van der Waals surface area contributed by atoms with Gasteiger partial charge in [-0.25, -0.2) is 4.98 Å². The lowest BCUT2D eigenvalue weighted by atomic mass is 10.00. The van der Waals surface area contributed by atoms with E-state index < -0.39 is 0 Å². The summed E-state index contributed by atoms with van der Waals surface area (Å²) in [7, 11) is 0. The minimum atomic E-state index is 0.0162. The first-order valence-corrected chi connectivity index (χ1v) is 17.8. The van der Waals surface area contributed by atoms with Crippen molar-refractivity contribution in [3.63, 3.8) is 0 Å². The van der Waals surface area contributed by atoms with Gasteiger partial charge in [0, 0.05) is 55.3 Å². The highest BCUT2D eigenvalue weighted by Gasteiger charge is 2.15. The highest BCUT2D eigenvalue weighted by atomic mass is 16.2. The molecule has 49 heavy (non-hydrogen) atoms. The zero-order valence-corrected chi connectivity index (χ0v) is 29.2. The third-order valence-corrected chi connectivity index (χ3v) is 9.36. The van der Waals surface area contributed by atoms with Gasteiger partial charge in [-0.15, -0.1) is 0 Å². The van der Waals surface area contributed by atoms with E-state index in [9.17, 15) is 4.79 Å². The van der Waals surface area contributed by atoms with E-state index in [1.165, 1.54) is 29.5 Å². The molecule has 4 heterocycles. The fraction of sp³-hybridized carbons (Fsp3) is 0.333. The monoisotopic (exact) mass is 652 g/mol. The van der Waals surface area contributed by atoms with Gasteiger partial charge in [-0.05, 0) is 87.7 Å². The molecular formula is C42H48N6O. The number of imidazole rings is 1. The first-order valence-electron chi connectivity index (χ1n) is 17.8. The van der Waals surface area contributed by atoms with E-state index >= 15 is 0 Å². The molecule has 0 N–H and O–H groups in total. The molecule has 1 fully saturated rings. The molecule has 6 rings (SSSR count). The number of aromatic nitrogens is 4. The predicted octanol–water partition coefficient (Wildman–Crippen LogP) is 8.41. The largest absolute Gasteiger partial charge is 0.324 e. The number of aryl methyl sites for hydroxylation is 2. The average molecular weight is 653 g/mol. The Morgan fingerprint density at radius 2 is 1.67 bits per heavy atom. The van der Waals surface area contributed by atoms with Gasteiger partial charge < -0.3 is 9.47 Å². The minimum absolute atomic E-state index is 0.0162. The van der Waals surface area contributed by atoms with E-state index in [4.69, 9.17) is 4.98 Å². The Morgan fingerprint density at radius 1 is 0.898 bits per heavy atom. The molecule has 7 heteroatoms. The van der Waals surface area contributed by atoms with Crippen LogP contribution in [0, 0.1) is 13.8 Å². The van der Waals surface area contributed by atoms with Crippen molar-refractivity contribution < 1.29 is 4.79 Å². The highest BCUT2D eigenvalue weighted by molar-refractivity contribution is 5.95. The predicted molar refractivity (Wildman–Crippen MR) is 199 cm³/mol. The van der Waals surface area contributed by atoms with Crippen LogP contribution < -0.4 is 0 Å². The Kier molecular flexibility index (Phi) is 11.4. The van der Waals surface area contributed by atoms with Gasteiger partial charge in [-0.3, -0.25) is 19.7 Å². The summed E-state index contributed by atoms with van der Waals surface area (Å²) in [6.45, 7) is 10.9. The smallest absolute Gasteiger partial charge is 0.257 e. The standard InChI is InChI=1S/C42H48N6O/c1-4-5-6-27-47(42(49)36-20-16-34(17-21-36)31-48-33(3)44-40-30-43-24-22-41(40)48)28-10-12-37-11-9-13-39(45-37)38(23-29-46-25-7-8-26-46)35-18-14-32(2)15-19-35/h9-11,13-24,28,30H,4-8,12,25-27,29,31H2,1-3H3. The lowest BCUT2D eigenvalue weighted by molar-refractivity contribution is 0.0819. The van der Waals surface area contributed by atoms with Gasteiger partial charge in [0.1, 0.15) is 11.3 Å². The number of likely N-dealkylation sites (tertiary alicyclic amines) is 1. The van der Waals surface area contributed by atoms with E-state index in [1.54, 1.807) is 12.4 Å². The molecule has 1 aliphatic rings. The molecule has 1 aliphatic heterocycles. The van der Waals surface area contributed by atoms with Crippen molar-refractivity contribution in [2.24, 2.45) is 0 Å². The minimum Gasteiger partial charge on any atom is -0.324 e. The van der Waals surface area contributed by atoms with Crippen LogP contribution in [0.5, 0.6) is 0 Å². The SMILES string of the molecule is CCCCCN(C=CCc1cccc(C(=CCN2CCCC2)c2ccc(C)cc2)n1)C(=O)c1ccc(Cn2c(C)nc3cnccc32)cc1. The number of hydrogen-bond donors (Lipinski definition) is 0. The van der Waals surface area contributed by atoms with Crippen LogP contribution in [0.25, 0.3) is 16.6 Å². The summed E-state index contributed by atoms with van der Waals surface area (Å²) < 4.78 is 2.18. The number of unbranched alkanes of at least 4 members (excludes halogenated alkanes) is 2. The summed E-state index contributed by atoms with van der Waals surface area (Å²) in [6.07, 6.45) is 16.3. The molecule has 252 valence electrons. The number of fused-ring (bicyclic) bond motifs is 1. The van der Waals surface area contributed by atoms with Gasteiger partial charge in [0.15, 0.2) is 0 Å². The summed E-state index contributed by atoms with van der Waals surface area (Å²) in [4.78, 5) is 32.1. The molecule has 7 nitrogen and oxygen atoms in total. The van der Waals surface area contributed by atoms with Gasteiger partial charge in [0.25, 0.3) is 5.91 Å². The number of nitrogens with zero attached hydrogens (tertiary/aromatic N) is 6. The molecular weight excluding hydrogens is 605 g/mol. The number of hydrogen-bond acceptors (Lipinski definition) is 5. The van der Waals surface area contributed by atoms with Gasteiger partial charge in [0.2, 0.25) is 0 Å². The molecule has 3 aromatic heterocycles. The fourth-order valence-electron chi connectivity index (χ4n) is 6.51. The first kappa shape index (κ1) is 34.0. The second-order valence-corrected chi connectivity index (χ2v) is 13.1. The molecule has 0 aliphatic carbocycles. The number of carbonyl (C=O) groups excluding carboxylic acids is 1. The molecule has 0 bridgehead atoms. The van der Waals surface area contributed by atoms with Crippen LogP contribution in [0.3, 0.4) is 0 Å². The van der Waals surface area contributed by atoms with E-state index in [-0.39, 0.29) is 5.91 Å². The Labute approximate surface area is 291 Å². The summed E-state index contributed by atoms with van der Waals surface area (Å²) in [6, 6.07) is 25.0. The zero-order valence-electron chi connectivity index (χ0n) is 29.2. The maximum Gasteiger partial charge on any atom is 0.257 e. The lowest BCUT2D eigenvalue weighted by Gasteiger charge is -2.19. The van der Waals surface area contributed by atoms with Crippen LogP contribution in [0.2, 0.25) is 0 Å². The van der Waals surface area contributed by atoms with Crippen molar-refractivity contribution in [2.75, 3.05) is 26.2 Å². The quantitative estimate of drug-likeness (QED) is 0.113. The van der Waals surface area contributed by atoms with Crippen LogP contribution in [0.15, 0.2) is 104 Å². The Bertz CT molecular complexity index is 1900. The van der Waals surface area contributed by atoms with E-state index in [0.717, 1.165) is 72.7 Å². The summed E-state index contributed by atoms with van der Waals surface area (Å²) in [5, 5.41) is 0. The average Bonchev–Trinajstić information content (AvgIpc) is 3.76. The summed E-state index contributed by atoms with van der Waals surface area (Å²) in [5.74, 6) is 0.961. The molecule has 0 saturated carbocycles. The maximum absolute atomic E-state index is 13.8. The summed E-state index contributed by atoms with van der Waals surface area (Å²) in [5.41, 5.74) is 9.34. The van der Waals surface area contributed by atoms with E-state index in [1.807, 2.05) is 48.4 Å². The number of rotatable bonds is 14. The van der Waals surface area contributed by atoms with Crippen molar-refractivity contribution in [3.8, 4) is 0 Å². The van der Waals surface area contributed by atoms with Gasteiger partial charge in [-0.2, -0.15) is 0 Å². The highest BCUT2D eigenvalue weighted by Crippen LogP contribution is 2.24. The number of benzene rings is 2. The second kappa shape index (κ2) is 16.5. The van der Waals surface area contributed by atoms with Gasteiger partial charge in [-0.1, -0.05) is 79.9 Å². The van der Waals surface area contributed by atoms with Crippen LogP contribution >= 0.6 is 0 Å². The third-order valence-electron chi connectivity index (χ3n) is 9.36. The number of allylic oxidation sites excluding steroid dienone is 1. The second-order valence-electron chi connectivity index (χ2n) is 13.1. The van der Waals surface area contributed by atoms with E-state index in [0.29, 0.717) is 25.1 Å². The van der Waals surface area contributed by atoms with Crippen LogP contribution in [-0.4, -0.2) is 61.4 Å². The first-order chi connectivity index (χ1) is 24.0. The van der Waals surface area contributed by atoms with E-state index in [2.05, 4.69) is 87.9 Å². The molecule has 1 amide bonds. The van der Waals surface area contributed by atoms with Crippen LogP contribution in [0.1, 0.15) is 83.3 Å². The maximum atomic E-state index is 13.8. The van der Waals surface area contributed by atoms with Crippen molar-refractivity contribution in [2.45, 2.75) is 65.8 Å². The van der Waals surface area contributed by atoms with Gasteiger partial charge >= 0.3 is 0 Å². The number of amides is 1. The molecule has 0 radical (unpaired) electrons. The topological polar surface area (TPSA) is 67.2 Å².